The van der Waals surface area contributed by atoms with E-state index >= 15 is 0 Å². The Kier molecular flexibility index (Phi) is 6.17. The van der Waals surface area contributed by atoms with Gasteiger partial charge in [0.1, 0.15) is 6.07 Å². The smallest absolute Gasteiger partial charge is 0.101 e. The second-order valence-corrected chi connectivity index (χ2v) is 14.8. The van der Waals surface area contributed by atoms with E-state index in [1.165, 1.54) is 57.0 Å². The normalized spacial score (nSPS) is 14.1. The van der Waals surface area contributed by atoms with Gasteiger partial charge in [0.25, 0.3) is 0 Å². The predicted octanol–water partition coefficient (Wildman–Crippen LogP) is 12.1. The van der Waals surface area contributed by atoms with Crippen molar-refractivity contribution in [3.05, 3.63) is 155 Å². The summed E-state index contributed by atoms with van der Waals surface area (Å²) in [5, 5.41) is 26.0. The fourth-order valence-electron chi connectivity index (χ4n) is 7.79. The molecule has 0 N–H and O–H groups in total. The molecule has 1 aliphatic rings. The zero-order valence-electron chi connectivity index (χ0n) is 26.1. The molecule has 0 spiro atoms. The lowest BCUT2D eigenvalue weighted by atomic mass is 9.86. The van der Waals surface area contributed by atoms with Crippen LogP contribution >= 0.6 is 22.7 Å². The minimum absolute atomic E-state index is 0.284. The van der Waals surface area contributed by atoms with E-state index in [-0.39, 0.29) is 5.92 Å². The Morgan fingerprint density at radius 3 is 2.16 bits per heavy atom. The maximum absolute atomic E-state index is 10.4. The highest BCUT2D eigenvalue weighted by Crippen LogP contribution is 2.47. The first-order chi connectivity index (χ1) is 24.2. The van der Waals surface area contributed by atoms with Gasteiger partial charge in [0.05, 0.1) is 33.9 Å². The van der Waals surface area contributed by atoms with Gasteiger partial charge in [-0.15, -0.1) is 22.7 Å². The first-order valence-corrected chi connectivity index (χ1v) is 17.9. The van der Waals surface area contributed by atoms with E-state index in [9.17, 15) is 10.5 Å². The molecule has 0 aliphatic heterocycles. The van der Waals surface area contributed by atoms with Crippen LogP contribution in [-0.4, -0.2) is 4.57 Å². The van der Waals surface area contributed by atoms with Gasteiger partial charge in [-0.05, 0) is 83.1 Å². The average Bonchev–Trinajstić information content (AvgIpc) is 3.83. The van der Waals surface area contributed by atoms with E-state index in [0.717, 1.165) is 34.3 Å². The second-order valence-electron chi connectivity index (χ2n) is 12.7. The van der Waals surface area contributed by atoms with Crippen LogP contribution in [0.1, 0.15) is 33.0 Å². The van der Waals surface area contributed by atoms with Crippen LogP contribution in [-0.2, 0) is 6.42 Å². The highest BCUT2D eigenvalue weighted by molar-refractivity contribution is 7.27. The molecule has 1 atom stereocenters. The summed E-state index contributed by atoms with van der Waals surface area (Å²) in [5.74, 6) is 0.284. The van der Waals surface area contributed by atoms with E-state index in [4.69, 9.17) is 0 Å². The number of aromatic nitrogens is 1. The summed E-state index contributed by atoms with van der Waals surface area (Å²) in [5.41, 5.74) is 9.22. The van der Waals surface area contributed by atoms with Gasteiger partial charge in [0, 0.05) is 52.0 Å². The second kappa shape index (κ2) is 10.8. The number of benzene rings is 6. The fourth-order valence-corrected chi connectivity index (χ4v) is 10.3. The Morgan fingerprint density at radius 1 is 0.653 bits per heavy atom. The largest absolute Gasteiger partial charge is 0.307 e. The molecule has 0 saturated carbocycles. The highest BCUT2D eigenvalue weighted by atomic mass is 32.1. The summed E-state index contributed by atoms with van der Waals surface area (Å²) >= 11 is 3.74. The van der Waals surface area contributed by atoms with Crippen LogP contribution in [0, 0.1) is 22.7 Å². The molecule has 3 heterocycles. The van der Waals surface area contributed by atoms with Crippen LogP contribution in [0.25, 0.3) is 75.0 Å². The van der Waals surface area contributed by atoms with Crippen molar-refractivity contribution in [2.75, 3.05) is 0 Å². The average molecular weight is 660 g/mol. The van der Waals surface area contributed by atoms with Gasteiger partial charge in [-0.1, -0.05) is 78.9 Å². The zero-order chi connectivity index (χ0) is 32.6. The summed E-state index contributed by atoms with van der Waals surface area (Å²) in [6.45, 7) is 0. The maximum atomic E-state index is 10.4. The molecule has 6 aromatic carbocycles. The number of hydrogen-bond donors (Lipinski definition) is 0. The van der Waals surface area contributed by atoms with E-state index in [1.807, 2.05) is 46.9 Å². The molecule has 1 unspecified atom stereocenters. The lowest BCUT2D eigenvalue weighted by Gasteiger charge is -2.18. The standard InChI is InChI=1S/C44H25N3S2/c45-24-26-12-14-27(15-13-26)28-16-19-39-35(22-28)34-18-21-41-42(44(34)49-39)36-23-29(17-20-40(36)48-41)31-9-5-6-30(25-46)43(31)47-37-10-3-1-7-32(37)33-8-2-4-11-38(33)47/h1-21,23,28H,22H2. The summed E-state index contributed by atoms with van der Waals surface area (Å²) in [6, 6.07) is 47.2. The number of fused-ring (bicyclic) bond motifs is 10. The molecular weight excluding hydrogens is 635 g/mol. The molecule has 0 fully saturated rings. The van der Waals surface area contributed by atoms with Crippen molar-refractivity contribution < 1.29 is 0 Å². The Hall–Kier alpha value is -5.98. The summed E-state index contributed by atoms with van der Waals surface area (Å²) in [6.07, 6.45) is 5.56. The molecular formula is C44H25N3S2. The van der Waals surface area contributed by atoms with Crippen LogP contribution in [0.2, 0.25) is 0 Å². The summed E-state index contributed by atoms with van der Waals surface area (Å²) in [4.78, 5) is 1.33. The van der Waals surface area contributed by atoms with Gasteiger partial charge in [-0.25, -0.2) is 0 Å². The third kappa shape index (κ3) is 4.17. The van der Waals surface area contributed by atoms with Crippen molar-refractivity contribution in [1.29, 1.82) is 10.5 Å². The maximum Gasteiger partial charge on any atom is 0.101 e. The van der Waals surface area contributed by atoms with Gasteiger partial charge in [-0.3, -0.25) is 0 Å². The quantitative estimate of drug-likeness (QED) is 0.189. The first kappa shape index (κ1) is 28.1. The number of para-hydroxylation sites is 3. The lowest BCUT2D eigenvalue weighted by molar-refractivity contribution is 0.836. The Labute approximate surface area is 290 Å². The van der Waals surface area contributed by atoms with Crippen molar-refractivity contribution in [3.63, 3.8) is 0 Å². The van der Waals surface area contributed by atoms with Gasteiger partial charge in [0.15, 0.2) is 0 Å². The molecule has 5 heteroatoms. The first-order valence-electron chi connectivity index (χ1n) is 16.3. The van der Waals surface area contributed by atoms with Crippen LogP contribution in [0.5, 0.6) is 0 Å². The van der Waals surface area contributed by atoms with Crippen molar-refractivity contribution in [3.8, 4) is 29.0 Å². The molecule has 228 valence electrons. The number of rotatable bonds is 3. The third-order valence-electron chi connectivity index (χ3n) is 10.1. The van der Waals surface area contributed by atoms with Crippen LogP contribution in [0.3, 0.4) is 0 Å². The Bertz CT molecular complexity index is 2890. The Morgan fingerprint density at radius 2 is 1.41 bits per heavy atom. The number of thiophene rings is 2. The molecule has 10 rings (SSSR count). The van der Waals surface area contributed by atoms with Crippen LogP contribution in [0.15, 0.2) is 127 Å². The minimum atomic E-state index is 0.284. The van der Waals surface area contributed by atoms with E-state index in [0.29, 0.717) is 11.1 Å². The van der Waals surface area contributed by atoms with Crippen molar-refractivity contribution in [2.24, 2.45) is 0 Å². The van der Waals surface area contributed by atoms with E-state index in [2.05, 4.69) is 126 Å². The van der Waals surface area contributed by atoms with Gasteiger partial charge < -0.3 is 4.57 Å². The third-order valence-corrected chi connectivity index (χ3v) is 12.4. The topological polar surface area (TPSA) is 52.5 Å². The number of allylic oxidation sites excluding steroid dienone is 1. The molecule has 1 aliphatic carbocycles. The monoisotopic (exact) mass is 659 g/mol. The number of nitriles is 2. The molecule has 0 amide bonds. The van der Waals surface area contributed by atoms with E-state index in [1.54, 1.807) is 0 Å². The van der Waals surface area contributed by atoms with Crippen LogP contribution < -0.4 is 0 Å². The number of nitrogens with zero attached hydrogens (tertiary/aromatic N) is 3. The highest BCUT2D eigenvalue weighted by Gasteiger charge is 2.23. The van der Waals surface area contributed by atoms with Gasteiger partial charge in [-0.2, -0.15) is 10.5 Å². The molecule has 9 aromatic rings. The minimum Gasteiger partial charge on any atom is -0.307 e. The van der Waals surface area contributed by atoms with Crippen molar-refractivity contribution in [1.82, 2.24) is 4.57 Å². The molecule has 3 nitrogen and oxygen atoms in total. The summed E-state index contributed by atoms with van der Waals surface area (Å²) in [7, 11) is 0. The summed E-state index contributed by atoms with van der Waals surface area (Å²) < 4.78 is 6.17. The molecule has 0 bridgehead atoms. The number of hydrogen-bond acceptors (Lipinski definition) is 4. The molecule has 49 heavy (non-hydrogen) atoms. The molecule has 0 radical (unpaired) electrons. The van der Waals surface area contributed by atoms with Gasteiger partial charge >= 0.3 is 0 Å². The van der Waals surface area contributed by atoms with Crippen LogP contribution in [0.4, 0.5) is 0 Å². The van der Waals surface area contributed by atoms with Gasteiger partial charge in [0.2, 0.25) is 0 Å². The predicted molar refractivity (Wildman–Crippen MR) is 206 cm³/mol. The SMILES string of the molecule is N#Cc1ccc(C2C=Cc3sc4c(ccc5sc6ccc(-c7cccc(C#N)c7-n7c8ccccc8c8ccccc87)cc6c54)c3C2)cc1. The van der Waals surface area contributed by atoms with Crippen molar-refractivity contribution in [2.45, 2.75) is 12.3 Å². The Balaban J connectivity index is 1.17. The lowest BCUT2D eigenvalue weighted by Crippen LogP contribution is -2.04. The van der Waals surface area contributed by atoms with E-state index < -0.39 is 0 Å². The fraction of sp³-hybridized carbons (Fsp3) is 0.0455. The van der Waals surface area contributed by atoms with Crippen molar-refractivity contribution >= 4 is 80.8 Å². The molecule has 0 saturated heterocycles. The zero-order valence-corrected chi connectivity index (χ0v) is 27.8. The molecule has 3 aromatic heterocycles.